The molecule has 18 heavy (non-hydrogen) atoms. The molecule has 0 spiro atoms. The molecule has 3 aromatic rings. The molecule has 2 aromatic heterocycles. The highest BCUT2D eigenvalue weighted by Crippen LogP contribution is 2.18. The monoisotopic (exact) mass is 261 g/mol. The molecule has 1 aromatic carbocycles. The summed E-state index contributed by atoms with van der Waals surface area (Å²) in [6.45, 7) is 0.481. The number of halogens is 1. The maximum Gasteiger partial charge on any atom is 0.204 e. The molecule has 0 saturated carbocycles. The number of benzene rings is 1. The molecule has 3 rings (SSSR count). The molecular formula is C11H8ClN5O. The van der Waals surface area contributed by atoms with Gasteiger partial charge in [0.2, 0.25) is 5.82 Å². The molecule has 6 nitrogen and oxygen atoms in total. The summed E-state index contributed by atoms with van der Waals surface area (Å²) in [5, 5.41) is 16.0. The van der Waals surface area contributed by atoms with E-state index >= 15 is 0 Å². The Morgan fingerprint density at radius 2 is 2.11 bits per heavy atom. The van der Waals surface area contributed by atoms with Crippen LogP contribution in [0.3, 0.4) is 0 Å². The molecule has 0 fully saturated rings. The van der Waals surface area contributed by atoms with Crippen molar-refractivity contribution in [2.75, 3.05) is 0 Å². The van der Waals surface area contributed by atoms with E-state index in [1.165, 1.54) is 6.26 Å². The van der Waals surface area contributed by atoms with E-state index in [4.69, 9.17) is 16.1 Å². The Hall–Kier alpha value is -2.21. The van der Waals surface area contributed by atoms with Crippen LogP contribution in [0.25, 0.3) is 11.5 Å². The molecule has 0 amide bonds. The number of aromatic nitrogens is 5. The molecule has 0 saturated heterocycles. The van der Waals surface area contributed by atoms with E-state index in [1.54, 1.807) is 10.7 Å². The van der Waals surface area contributed by atoms with Crippen molar-refractivity contribution in [2.45, 2.75) is 6.54 Å². The van der Waals surface area contributed by atoms with Crippen LogP contribution in [0.1, 0.15) is 5.56 Å². The average Bonchev–Trinajstić information content (AvgIpc) is 3.02. The van der Waals surface area contributed by atoms with Gasteiger partial charge in [-0.2, -0.15) is 0 Å². The molecule has 0 atom stereocenters. The van der Waals surface area contributed by atoms with Crippen molar-refractivity contribution >= 4 is 11.6 Å². The maximum absolute atomic E-state index is 6.10. The Bertz CT molecular complexity index is 649. The topological polar surface area (TPSA) is 69.6 Å². The summed E-state index contributed by atoms with van der Waals surface area (Å²) in [6, 6.07) is 9.26. The highest BCUT2D eigenvalue weighted by Gasteiger charge is 2.12. The van der Waals surface area contributed by atoms with Crippen LogP contribution in [0.4, 0.5) is 0 Å². The number of nitrogens with zero attached hydrogens (tertiary/aromatic N) is 5. The summed E-state index contributed by atoms with van der Waals surface area (Å²) < 4.78 is 6.41. The molecular weight excluding hydrogens is 254 g/mol. The van der Waals surface area contributed by atoms with E-state index in [1.807, 2.05) is 24.3 Å². The lowest BCUT2D eigenvalue weighted by atomic mass is 10.2. The third-order valence-corrected chi connectivity index (χ3v) is 2.85. The van der Waals surface area contributed by atoms with Gasteiger partial charge in [0.05, 0.1) is 6.54 Å². The standard InChI is InChI=1S/C11H8ClN5O/c12-9-4-2-1-3-8(9)7-17-11(13-15-16-17)10-5-6-18-14-10/h1-6H,7H2. The van der Waals surface area contributed by atoms with E-state index in [0.29, 0.717) is 23.1 Å². The van der Waals surface area contributed by atoms with E-state index in [0.717, 1.165) is 5.56 Å². The Morgan fingerprint density at radius 3 is 2.89 bits per heavy atom. The quantitative estimate of drug-likeness (QED) is 0.721. The third kappa shape index (κ3) is 1.98. The number of rotatable bonds is 3. The first-order valence-corrected chi connectivity index (χ1v) is 5.63. The predicted molar refractivity (Wildman–Crippen MR) is 63.9 cm³/mol. The largest absolute Gasteiger partial charge is 0.364 e. The van der Waals surface area contributed by atoms with Crippen molar-refractivity contribution in [1.82, 2.24) is 25.4 Å². The average molecular weight is 262 g/mol. The zero-order chi connectivity index (χ0) is 12.4. The molecule has 0 unspecified atom stereocenters. The van der Waals surface area contributed by atoms with Crippen molar-refractivity contribution < 1.29 is 4.52 Å². The first-order chi connectivity index (χ1) is 8.84. The third-order valence-electron chi connectivity index (χ3n) is 2.48. The van der Waals surface area contributed by atoms with Crippen LogP contribution in [0.2, 0.25) is 5.02 Å². The van der Waals surface area contributed by atoms with E-state index in [2.05, 4.69) is 20.7 Å². The SMILES string of the molecule is Clc1ccccc1Cn1nnnc1-c1ccon1. The predicted octanol–water partition coefficient (Wildman–Crippen LogP) is 2.03. The lowest BCUT2D eigenvalue weighted by Gasteiger charge is -2.04. The van der Waals surface area contributed by atoms with Gasteiger partial charge in [0.25, 0.3) is 0 Å². The van der Waals surface area contributed by atoms with Gasteiger partial charge in [-0.25, -0.2) is 4.68 Å². The normalized spacial score (nSPS) is 10.7. The molecule has 0 aliphatic heterocycles. The van der Waals surface area contributed by atoms with Crippen LogP contribution in [-0.4, -0.2) is 25.4 Å². The van der Waals surface area contributed by atoms with Crippen molar-refractivity contribution in [3.05, 3.63) is 47.2 Å². The van der Waals surface area contributed by atoms with Gasteiger partial charge in [-0.15, -0.1) is 5.10 Å². The van der Waals surface area contributed by atoms with Gasteiger partial charge in [-0.3, -0.25) is 0 Å². The number of hydrogen-bond donors (Lipinski definition) is 0. The lowest BCUT2D eigenvalue weighted by molar-refractivity contribution is 0.421. The molecule has 0 aliphatic rings. The first-order valence-electron chi connectivity index (χ1n) is 5.25. The Labute approximate surface area is 107 Å². The van der Waals surface area contributed by atoms with Crippen LogP contribution < -0.4 is 0 Å². The van der Waals surface area contributed by atoms with E-state index in [9.17, 15) is 0 Å². The molecule has 2 heterocycles. The summed E-state index contributed by atoms with van der Waals surface area (Å²) in [4.78, 5) is 0. The van der Waals surface area contributed by atoms with Gasteiger partial charge >= 0.3 is 0 Å². The van der Waals surface area contributed by atoms with Crippen LogP contribution in [0.5, 0.6) is 0 Å². The summed E-state index contributed by atoms with van der Waals surface area (Å²) in [7, 11) is 0. The zero-order valence-corrected chi connectivity index (χ0v) is 9.95. The second-order valence-corrected chi connectivity index (χ2v) is 4.04. The Morgan fingerprint density at radius 1 is 1.22 bits per heavy atom. The van der Waals surface area contributed by atoms with Gasteiger partial charge < -0.3 is 4.52 Å². The first kappa shape index (κ1) is 10.9. The van der Waals surface area contributed by atoms with E-state index < -0.39 is 0 Å². The Kier molecular flexibility index (Phi) is 2.77. The minimum absolute atomic E-state index is 0.481. The molecule has 0 aliphatic carbocycles. The summed E-state index contributed by atoms with van der Waals surface area (Å²) in [5.74, 6) is 0.545. The highest BCUT2D eigenvalue weighted by atomic mass is 35.5. The molecule has 90 valence electrons. The minimum Gasteiger partial charge on any atom is -0.364 e. The van der Waals surface area contributed by atoms with Crippen molar-refractivity contribution in [3.63, 3.8) is 0 Å². The fraction of sp³-hybridized carbons (Fsp3) is 0.0909. The van der Waals surface area contributed by atoms with Crippen LogP contribution in [0.15, 0.2) is 41.1 Å². The van der Waals surface area contributed by atoms with Crippen molar-refractivity contribution in [1.29, 1.82) is 0 Å². The molecule has 0 bridgehead atoms. The van der Waals surface area contributed by atoms with Crippen LogP contribution >= 0.6 is 11.6 Å². The van der Waals surface area contributed by atoms with Gasteiger partial charge in [-0.05, 0) is 22.1 Å². The highest BCUT2D eigenvalue weighted by molar-refractivity contribution is 6.31. The number of tetrazole rings is 1. The van der Waals surface area contributed by atoms with Crippen molar-refractivity contribution in [3.8, 4) is 11.5 Å². The number of hydrogen-bond acceptors (Lipinski definition) is 5. The smallest absolute Gasteiger partial charge is 0.204 e. The summed E-state index contributed by atoms with van der Waals surface area (Å²) >= 11 is 6.10. The molecule has 0 radical (unpaired) electrons. The zero-order valence-electron chi connectivity index (χ0n) is 9.19. The minimum atomic E-state index is 0.481. The lowest BCUT2D eigenvalue weighted by Crippen LogP contribution is -2.05. The maximum atomic E-state index is 6.10. The molecule has 7 heteroatoms. The fourth-order valence-corrected chi connectivity index (χ4v) is 1.81. The van der Waals surface area contributed by atoms with Crippen LogP contribution in [0, 0.1) is 0 Å². The van der Waals surface area contributed by atoms with Gasteiger partial charge in [0.15, 0.2) is 5.69 Å². The van der Waals surface area contributed by atoms with Gasteiger partial charge in [0, 0.05) is 11.1 Å². The Balaban J connectivity index is 1.95. The summed E-state index contributed by atoms with van der Waals surface area (Å²) in [5.41, 5.74) is 1.53. The van der Waals surface area contributed by atoms with E-state index in [-0.39, 0.29) is 0 Å². The van der Waals surface area contributed by atoms with Crippen LogP contribution in [-0.2, 0) is 6.54 Å². The second-order valence-electron chi connectivity index (χ2n) is 3.64. The van der Waals surface area contributed by atoms with Gasteiger partial charge in [-0.1, -0.05) is 35.0 Å². The molecule has 0 N–H and O–H groups in total. The summed E-state index contributed by atoms with van der Waals surface area (Å²) in [6.07, 6.45) is 1.48. The fourth-order valence-electron chi connectivity index (χ4n) is 1.61. The second kappa shape index (κ2) is 4.58. The van der Waals surface area contributed by atoms with Gasteiger partial charge in [0.1, 0.15) is 6.26 Å². The van der Waals surface area contributed by atoms with Crippen molar-refractivity contribution in [2.24, 2.45) is 0 Å².